The number of benzene rings is 2. The van der Waals surface area contributed by atoms with Gasteiger partial charge in [-0.15, -0.1) is 0 Å². The quantitative estimate of drug-likeness (QED) is 0.883. The molecule has 2 N–H and O–H groups in total. The summed E-state index contributed by atoms with van der Waals surface area (Å²) in [6.45, 7) is 1.54. The van der Waals surface area contributed by atoms with Crippen LogP contribution in [0.15, 0.2) is 47.4 Å². The largest absolute Gasteiger partial charge is 0.398 e. The van der Waals surface area contributed by atoms with Gasteiger partial charge < -0.3 is 5.73 Å². The molecule has 2 rings (SSSR count). The van der Waals surface area contributed by atoms with E-state index in [9.17, 15) is 17.2 Å². The first-order valence-electron chi connectivity index (χ1n) is 6.20. The first kappa shape index (κ1) is 15.2. The number of hydrogen-bond acceptors (Lipinski definition) is 3. The number of halogens is 2. The molecule has 0 bridgehead atoms. The van der Waals surface area contributed by atoms with E-state index in [0.29, 0.717) is 0 Å². The predicted molar refractivity (Wildman–Crippen MR) is 77.4 cm³/mol. The average Bonchev–Trinajstić information content (AvgIpc) is 2.44. The lowest BCUT2D eigenvalue weighted by Gasteiger charge is -2.24. The molecule has 0 aromatic heterocycles. The number of rotatable bonds is 4. The molecule has 0 atom stereocenters. The highest BCUT2D eigenvalue weighted by Gasteiger charge is 2.27. The van der Waals surface area contributed by atoms with Gasteiger partial charge in [0.05, 0.1) is 11.4 Å². The van der Waals surface area contributed by atoms with Crippen molar-refractivity contribution >= 4 is 21.4 Å². The van der Waals surface area contributed by atoms with Gasteiger partial charge in [-0.25, -0.2) is 17.2 Å². The molecule has 0 aliphatic carbocycles. The minimum Gasteiger partial charge on any atom is -0.398 e. The fourth-order valence-electron chi connectivity index (χ4n) is 1.97. The van der Waals surface area contributed by atoms with Crippen molar-refractivity contribution in [3.05, 3.63) is 54.1 Å². The third kappa shape index (κ3) is 2.82. The van der Waals surface area contributed by atoms with Crippen LogP contribution in [0, 0.1) is 11.6 Å². The zero-order valence-corrected chi connectivity index (χ0v) is 12.1. The highest BCUT2D eigenvalue weighted by molar-refractivity contribution is 7.93. The summed E-state index contributed by atoms with van der Waals surface area (Å²) >= 11 is 0. The Morgan fingerprint density at radius 2 is 1.81 bits per heavy atom. The zero-order valence-electron chi connectivity index (χ0n) is 11.3. The third-order valence-corrected chi connectivity index (χ3v) is 4.90. The molecule has 21 heavy (non-hydrogen) atoms. The Morgan fingerprint density at radius 1 is 1.14 bits per heavy atom. The van der Waals surface area contributed by atoms with Gasteiger partial charge in [0.15, 0.2) is 0 Å². The summed E-state index contributed by atoms with van der Waals surface area (Å²) in [5.41, 5.74) is 5.42. The molecule has 0 heterocycles. The summed E-state index contributed by atoms with van der Waals surface area (Å²) in [5.74, 6) is -1.41. The molecule has 0 fully saturated rings. The molecule has 0 saturated heterocycles. The monoisotopic (exact) mass is 312 g/mol. The summed E-state index contributed by atoms with van der Waals surface area (Å²) < 4.78 is 53.2. The van der Waals surface area contributed by atoms with E-state index in [1.54, 1.807) is 6.92 Å². The number of hydrogen-bond donors (Lipinski definition) is 1. The van der Waals surface area contributed by atoms with Crippen LogP contribution < -0.4 is 10.0 Å². The molecule has 0 unspecified atom stereocenters. The molecule has 112 valence electrons. The van der Waals surface area contributed by atoms with Crippen molar-refractivity contribution in [1.82, 2.24) is 0 Å². The van der Waals surface area contributed by atoms with Crippen LogP contribution in [0.25, 0.3) is 0 Å². The van der Waals surface area contributed by atoms with Crippen LogP contribution in [0.3, 0.4) is 0 Å². The Morgan fingerprint density at radius 3 is 2.43 bits per heavy atom. The molecule has 0 spiro atoms. The molecule has 0 aliphatic rings. The molecule has 0 amide bonds. The number of sulfonamides is 1. The number of nitrogens with zero attached hydrogens (tertiary/aromatic N) is 1. The summed E-state index contributed by atoms with van der Waals surface area (Å²) in [6, 6.07) is 8.52. The van der Waals surface area contributed by atoms with Crippen molar-refractivity contribution in [3.63, 3.8) is 0 Å². The molecule has 0 saturated carbocycles. The maximum absolute atomic E-state index is 13.8. The molecule has 2 aromatic rings. The number of nitrogens with two attached hydrogens (primary N) is 1. The Labute approximate surface area is 121 Å². The van der Waals surface area contributed by atoms with E-state index in [1.165, 1.54) is 18.2 Å². The van der Waals surface area contributed by atoms with Gasteiger partial charge in [0.25, 0.3) is 10.0 Å². The van der Waals surface area contributed by atoms with Crippen LogP contribution in [0.1, 0.15) is 6.92 Å². The van der Waals surface area contributed by atoms with Crippen molar-refractivity contribution in [1.29, 1.82) is 0 Å². The summed E-state index contributed by atoms with van der Waals surface area (Å²) in [4.78, 5) is -0.382. The van der Waals surface area contributed by atoms with Crippen molar-refractivity contribution < 1.29 is 17.2 Å². The van der Waals surface area contributed by atoms with Gasteiger partial charge in [-0.05, 0) is 37.3 Å². The Bertz CT molecular complexity index is 763. The second-order valence-electron chi connectivity index (χ2n) is 4.30. The van der Waals surface area contributed by atoms with Gasteiger partial charge in [0.1, 0.15) is 16.5 Å². The lowest BCUT2D eigenvalue weighted by atomic mass is 10.3. The minimum absolute atomic E-state index is 0.0147. The first-order chi connectivity index (χ1) is 9.87. The number of anilines is 2. The normalized spacial score (nSPS) is 11.4. The van der Waals surface area contributed by atoms with Gasteiger partial charge >= 0.3 is 0 Å². The van der Waals surface area contributed by atoms with Crippen molar-refractivity contribution in [3.8, 4) is 0 Å². The summed E-state index contributed by atoms with van der Waals surface area (Å²) in [6.07, 6.45) is 0. The maximum Gasteiger partial charge on any atom is 0.266 e. The van der Waals surface area contributed by atoms with E-state index in [1.807, 2.05) is 0 Å². The molecule has 0 aliphatic heterocycles. The van der Waals surface area contributed by atoms with Crippen molar-refractivity contribution in [2.75, 3.05) is 16.6 Å². The topological polar surface area (TPSA) is 63.4 Å². The zero-order chi connectivity index (χ0) is 15.6. The SMILES string of the molecule is CCN(c1ccccc1F)S(=O)(=O)c1cc(F)ccc1N. The molecular formula is C14H14F2N2O2S. The molecular weight excluding hydrogens is 298 g/mol. The second-order valence-corrected chi connectivity index (χ2v) is 6.13. The lowest BCUT2D eigenvalue weighted by Crippen LogP contribution is -2.32. The fraction of sp³-hybridized carbons (Fsp3) is 0.143. The van der Waals surface area contributed by atoms with E-state index in [2.05, 4.69) is 0 Å². The molecule has 4 nitrogen and oxygen atoms in total. The van der Waals surface area contributed by atoms with Crippen LogP contribution in [-0.4, -0.2) is 15.0 Å². The summed E-state index contributed by atoms with van der Waals surface area (Å²) in [7, 11) is -4.15. The van der Waals surface area contributed by atoms with E-state index >= 15 is 0 Å². The summed E-state index contributed by atoms with van der Waals surface area (Å²) in [5, 5.41) is 0. The average molecular weight is 312 g/mol. The standard InChI is InChI=1S/C14H14F2N2O2S/c1-2-18(13-6-4-3-5-11(13)16)21(19,20)14-9-10(15)7-8-12(14)17/h3-9H,2,17H2,1H3. The van der Waals surface area contributed by atoms with E-state index in [4.69, 9.17) is 5.73 Å². The van der Waals surface area contributed by atoms with Crippen LogP contribution in [0.5, 0.6) is 0 Å². The van der Waals surface area contributed by atoms with E-state index < -0.39 is 21.7 Å². The first-order valence-corrected chi connectivity index (χ1v) is 7.64. The van der Waals surface area contributed by atoms with Gasteiger partial charge in [0, 0.05) is 6.54 Å². The van der Waals surface area contributed by atoms with Crippen LogP contribution in [0.4, 0.5) is 20.2 Å². The second kappa shape index (κ2) is 5.69. The van der Waals surface area contributed by atoms with Gasteiger partial charge in [-0.2, -0.15) is 0 Å². The van der Waals surface area contributed by atoms with Crippen molar-refractivity contribution in [2.45, 2.75) is 11.8 Å². The lowest BCUT2D eigenvalue weighted by molar-refractivity contribution is 0.583. The maximum atomic E-state index is 13.8. The minimum atomic E-state index is -4.15. The molecule has 0 radical (unpaired) electrons. The Hall–Kier alpha value is -2.15. The number of nitrogen functional groups attached to an aromatic ring is 1. The Balaban J connectivity index is 2.61. The third-order valence-electron chi connectivity index (χ3n) is 2.95. The highest BCUT2D eigenvalue weighted by Crippen LogP contribution is 2.29. The predicted octanol–water partition coefficient (Wildman–Crippen LogP) is 2.76. The van der Waals surface area contributed by atoms with E-state index in [0.717, 1.165) is 28.6 Å². The smallest absolute Gasteiger partial charge is 0.266 e. The molecule has 7 heteroatoms. The van der Waals surface area contributed by atoms with Gasteiger partial charge in [-0.3, -0.25) is 4.31 Å². The fourth-order valence-corrected chi connectivity index (χ4v) is 3.59. The Kier molecular flexibility index (Phi) is 4.13. The van der Waals surface area contributed by atoms with E-state index in [-0.39, 0.29) is 22.8 Å². The van der Waals surface area contributed by atoms with Gasteiger partial charge in [-0.1, -0.05) is 12.1 Å². The van der Waals surface area contributed by atoms with Crippen LogP contribution in [-0.2, 0) is 10.0 Å². The van der Waals surface area contributed by atoms with Gasteiger partial charge in [0.2, 0.25) is 0 Å². The number of para-hydroxylation sites is 1. The van der Waals surface area contributed by atoms with Crippen molar-refractivity contribution in [2.24, 2.45) is 0 Å². The van der Waals surface area contributed by atoms with Crippen LogP contribution in [0.2, 0.25) is 0 Å². The van der Waals surface area contributed by atoms with Crippen LogP contribution >= 0.6 is 0 Å². The highest BCUT2D eigenvalue weighted by atomic mass is 32.2. The molecule has 2 aromatic carbocycles.